The van der Waals surface area contributed by atoms with Crippen molar-refractivity contribution in [1.29, 1.82) is 0 Å². The molecular formula is C25H24N2O6S. The molecule has 1 N–H and O–H groups in total. The van der Waals surface area contributed by atoms with E-state index in [0.29, 0.717) is 37.7 Å². The standard InChI is InChI=1S/C25H24N2O6S/c1-5-33-24(30)21-14(2)26-25-27(22(21)17-13-16(31-3)10-11-19(17)32-4)23(29)20(34-25)12-15-8-6-7-9-18(15)28/h6-13,22,28H,5H2,1-4H3/b20-12-/t22-/m0/s1. The van der Waals surface area contributed by atoms with Gasteiger partial charge in [-0.15, -0.1) is 0 Å². The predicted molar refractivity (Wildman–Crippen MR) is 128 cm³/mol. The molecule has 34 heavy (non-hydrogen) atoms. The third-order valence-corrected chi connectivity index (χ3v) is 6.45. The van der Waals surface area contributed by atoms with Crippen LogP contribution in [0.5, 0.6) is 17.2 Å². The fraction of sp³-hybridized carbons (Fsp3) is 0.240. The number of aromatic nitrogens is 1. The normalized spacial score (nSPS) is 15.5. The largest absolute Gasteiger partial charge is 0.507 e. The van der Waals surface area contributed by atoms with Crippen molar-refractivity contribution < 1.29 is 24.1 Å². The van der Waals surface area contributed by atoms with E-state index in [1.54, 1.807) is 62.4 Å². The second-order valence-electron chi connectivity index (χ2n) is 7.47. The summed E-state index contributed by atoms with van der Waals surface area (Å²) in [6, 6.07) is 11.1. The third kappa shape index (κ3) is 4.10. The van der Waals surface area contributed by atoms with Crippen molar-refractivity contribution in [2.24, 2.45) is 4.99 Å². The highest BCUT2D eigenvalue weighted by Crippen LogP contribution is 2.37. The topological polar surface area (TPSA) is 99.4 Å². The number of phenolic OH excluding ortho intramolecular Hbond substituents is 1. The molecule has 0 saturated carbocycles. The Balaban J connectivity index is 2.03. The Morgan fingerprint density at radius 2 is 1.97 bits per heavy atom. The quantitative estimate of drug-likeness (QED) is 0.545. The molecule has 1 aliphatic rings. The average Bonchev–Trinajstić information content (AvgIpc) is 3.13. The van der Waals surface area contributed by atoms with E-state index in [9.17, 15) is 14.7 Å². The Bertz CT molecular complexity index is 1470. The zero-order valence-corrected chi connectivity index (χ0v) is 20.0. The van der Waals surface area contributed by atoms with E-state index in [1.807, 2.05) is 0 Å². The van der Waals surface area contributed by atoms with E-state index in [1.165, 1.54) is 30.1 Å². The lowest BCUT2D eigenvalue weighted by Crippen LogP contribution is -2.40. The van der Waals surface area contributed by atoms with Crippen molar-refractivity contribution in [2.45, 2.75) is 19.9 Å². The van der Waals surface area contributed by atoms with Crippen molar-refractivity contribution in [3.05, 3.63) is 84.5 Å². The molecule has 2 heterocycles. The van der Waals surface area contributed by atoms with E-state index in [4.69, 9.17) is 14.2 Å². The zero-order chi connectivity index (χ0) is 24.4. The molecule has 4 rings (SSSR count). The van der Waals surface area contributed by atoms with Crippen LogP contribution in [0.3, 0.4) is 0 Å². The Morgan fingerprint density at radius 1 is 1.21 bits per heavy atom. The number of methoxy groups -OCH3 is 2. The zero-order valence-electron chi connectivity index (χ0n) is 19.2. The monoisotopic (exact) mass is 480 g/mol. The molecule has 9 heteroatoms. The number of fused-ring (bicyclic) bond motifs is 1. The lowest BCUT2D eigenvalue weighted by molar-refractivity contribution is -0.139. The molecule has 1 atom stereocenters. The molecule has 0 unspecified atom stereocenters. The highest BCUT2D eigenvalue weighted by Gasteiger charge is 2.35. The summed E-state index contributed by atoms with van der Waals surface area (Å²) < 4.78 is 18.1. The number of hydrogen-bond acceptors (Lipinski definition) is 8. The minimum absolute atomic E-state index is 0.0581. The van der Waals surface area contributed by atoms with Gasteiger partial charge in [0.25, 0.3) is 5.56 Å². The summed E-state index contributed by atoms with van der Waals surface area (Å²) in [4.78, 5) is 31.7. The number of para-hydroxylation sites is 1. The number of phenols is 1. The molecule has 176 valence electrons. The van der Waals surface area contributed by atoms with Crippen LogP contribution in [0.15, 0.2) is 63.5 Å². The maximum absolute atomic E-state index is 13.7. The average molecular weight is 481 g/mol. The summed E-state index contributed by atoms with van der Waals surface area (Å²) in [7, 11) is 3.06. The van der Waals surface area contributed by atoms with E-state index >= 15 is 0 Å². The number of thiazole rings is 1. The van der Waals surface area contributed by atoms with Crippen molar-refractivity contribution in [1.82, 2.24) is 4.57 Å². The van der Waals surface area contributed by atoms with E-state index in [0.717, 1.165) is 0 Å². The number of benzene rings is 2. The Morgan fingerprint density at radius 3 is 2.65 bits per heavy atom. The maximum atomic E-state index is 13.7. The van der Waals surface area contributed by atoms with Crippen LogP contribution in [0.25, 0.3) is 6.08 Å². The molecule has 1 aliphatic heterocycles. The minimum atomic E-state index is -0.841. The molecule has 3 aromatic rings. The van der Waals surface area contributed by atoms with Gasteiger partial charge >= 0.3 is 5.97 Å². The fourth-order valence-electron chi connectivity index (χ4n) is 3.89. The van der Waals surface area contributed by atoms with Crippen LogP contribution in [0, 0.1) is 0 Å². The van der Waals surface area contributed by atoms with Crippen LogP contribution in [0.4, 0.5) is 0 Å². The van der Waals surface area contributed by atoms with Crippen LogP contribution in [-0.2, 0) is 9.53 Å². The molecule has 1 aromatic heterocycles. The smallest absolute Gasteiger partial charge is 0.338 e. The molecule has 0 saturated heterocycles. The number of nitrogens with zero attached hydrogens (tertiary/aromatic N) is 2. The van der Waals surface area contributed by atoms with Crippen LogP contribution in [0.1, 0.15) is 31.0 Å². The van der Waals surface area contributed by atoms with Gasteiger partial charge in [-0.2, -0.15) is 0 Å². The van der Waals surface area contributed by atoms with Gasteiger partial charge in [-0.05, 0) is 44.2 Å². The first-order valence-electron chi connectivity index (χ1n) is 10.6. The van der Waals surface area contributed by atoms with E-state index in [-0.39, 0.29) is 23.5 Å². The number of carbonyl (C=O) groups is 1. The predicted octanol–water partition coefficient (Wildman–Crippen LogP) is 2.52. The number of rotatable bonds is 6. The Labute approximate surface area is 199 Å². The first-order valence-corrected chi connectivity index (χ1v) is 11.4. The maximum Gasteiger partial charge on any atom is 0.338 e. The van der Waals surface area contributed by atoms with Gasteiger partial charge in [0, 0.05) is 11.1 Å². The van der Waals surface area contributed by atoms with Crippen molar-refractivity contribution in [3.63, 3.8) is 0 Å². The van der Waals surface area contributed by atoms with Gasteiger partial charge in [0.1, 0.15) is 23.3 Å². The number of hydrogen-bond donors (Lipinski definition) is 1. The van der Waals surface area contributed by atoms with Crippen LogP contribution in [0.2, 0.25) is 0 Å². The van der Waals surface area contributed by atoms with Crippen LogP contribution >= 0.6 is 11.3 Å². The minimum Gasteiger partial charge on any atom is -0.507 e. The van der Waals surface area contributed by atoms with E-state index < -0.39 is 12.0 Å². The van der Waals surface area contributed by atoms with Crippen molar-refractivity contribution in [2.75, 3.05) is 20.8 Å². The molecule has 0 bridgehead atoms. The highest BCUT2D eigenvalue weighted by molar-refractivity contribution is 7.07. The lowest BCUT2D eigenvalue weighted by Gasteiger charge is -2.26. The van der Waals surface area contributed by atoms with Gasteiger partial charge in [-0.25, -0.2) is 9.79 Å². The number of ether oxygens (including phenoxy) is 3. The first-order chi connectivity index (χ1) is 16.4. The Kier molecular flexibility index (Phi) is 6.56. The summed E-state index contributed by atoms with van der Waals surface area (Å²) in [5.74, 6) is 0.527. The highest BCUT2D eigenvalue weighted by atomic mass is 32.1. The number of aromatic hydroxyl groups is 1. The molecule has 0 amide bonds. The van der Waals surface area contributed by atoms with Crippen LogP contribution in [-0.4, -0.2) is 36.5 Å². The summed E-state index contributed by atoms with van der Waals surface area (Å²) >= 11 is 1.18. The summed E-state index contributed by atoms with van der Waals surface area (Å²) in [6.07, 6.45) is 1.61. The lowest BCUT2D eigenvalue weighted by atomic mass is 9.94. The van der Waals surface area contributed by atoms with Gasteiger partial charge in [-0.3, -0.25) is 9.36 Å². The van der Waals surface area contributed by atoms with Gasteiger partial charge in [0.05, 0.1) is 36.6 Å². The molecule has 0 fully saturated rings. The van der Waals surface area contributed by atoms with Crippen molar-refractivity contribution in [3.8, 4) is 17.2 Å². The second kappa shape index (κ2) is 9.56. The summed E-state index contributed by atoms with van der Waals surface area (Å²) in [6.45, 7) is 3.61. The first kappa shape index (κ1) is 23.3. The summed E-state index contributed by atoms with van der Waals surface area (Å²) in [5, 5.41) is 10.2. The second-order valence-corrected chi connectivity index (χ2v) is 8.48. The molecule has 8 nitrogen and oxygen atoms in total. The fourth-order valence-corrected chi connectivity index (χ4v) is 4.93. The number of esters is 1. The summed E-state index contributed by atoms with van der Waals surface area (Å²) in [5.41, 5.74) is 1.41. The van der Waals surface area contributed by atoms with Gasteiger partial charge < -0.3 is 19.3 Å². The number of allylic oxidation sites excluding steroid dienone is 1. The van der Waals surface area contributed by atoms with Gasteiger partial charge in [0.2, 0.25) is 0 Å². The van der Waals surface area contributed by atoms with Crippen molar-refractivity contribution >= 4 is 23.4 Å². The molecule has 0 aliphatic carbocycles. The SMILES string of the molecule is CCOC(=O)C1=C(C)N=c2s/c(=C\c3ccccc3O)c(=O)n2[C@H]1c1cc(OC)ccc1OC. The molecule has 0 radical (unpaired) electrons. The van der Waals surface area contributed by atoms with Gasteiger partial charge in [0.15, 0.2) is 4.80 Å². The Hall–Kier alpha value is -3.85. The van der Waals surface area contributed by atoms with Crippen LogP contribution < -0.4 is 24.4 Å². The molecule has 2 aromatic carbocycles. The molecule has 0 spiro atoms. The molecular weight excluding hydrogens is 456 g/mol. The third-order valence-electron chi connectivity index (χ3n) is 5.47. The number of carbonyl (C=O) groups excluding carboxylic acids is 1. The van der Waals surface area contributed by atoms with Gasteiger partial charge in [-0.1, -0.05) is 29.5 Å². The van der Waals surface area contributed by atoms with E-state index in [2.05, 4.69) is 4.99 Å².